The fourth-order valence-corrected chi connectivity index (χ4v) is 4.17. The van der Waals surface area contributed by atoms with Crippen molar-refractivity contribution in [1.29, 1.82) is 0 Å². The molecule has 2 aromatic rings. The summed E-state index contributed by atoms with van der Waals surface area (Å²) in [5.74, 6) is -1.51. The van der Waals surface area contributed by atoms with Crippen molar-refractivity contribution in [3.05, 3.63) is 62.5 Å². The van der Waals surface area contributed by atoms with Crippen molar-refractivity contribution in [3.8, 4) is 0 Å². The van der Waals surface area contributed by atoms with Crippen molar-refractivity contribution in [2.45, 2.75) is 33.4 Å². The van der Waals surface area contributed by atoms with E-state index in [9.17, 15) is 14.0 Å². The van der Waals surface area contributed by atoms with Gasteiger partial charge < -0.3 is 14.8 Å². The van der Waals surface area contributed by atoms with Crippen LogP contribution >= 0.6 is 38.9 Å². The van der Waals surface area contributed by atoms with Gasteiger partial charge >= 0.3 is 11.9 Å². The van der Waals surface area contributed by atoms with Gasteiger partial charge in [-0.25, -0.2) is 19.0 Å². The molecule has 1 aliphatic heterocycles. The molecule has 32 heavy (non-hydrogen) atoms. The lowest BCUT2D eigenvalue weighted by Gasteiger charge is -2.27. The summed E-state index contributed by atoms with van der Waals surface area (Å²) in [6.07, 6.45) is 0.511. The monoisotopic (exact) mass is 545 g/mol. The fraction of sp³-hybridized carbons (Fsp3) is 0.333. The van der Waals surface area contributed by atoms with Gasteiger partial charge in [0.15, 0.2) is 16.9 Å². The summed E-state index contributed by atoms with van der Waals surface area (Å²) in [4.78, 5) is 33.9. The van der Waals surface area contributed by atoms with Crippen LogP contribution in [0.2, 0.25) is 5.02 Å². The molecule has 1 aromatic carbocycles. The van der Waals surface area contributed by atoms with Crippen LogP contribution < -0.4 is 5.32 Å². The van der Waals surface area contributed by atoms with Gasteiger partial charge in [-0.3, -0.25) is 4.99 Å². The number of carbonyl (C=O) groups is 2. The molecule has 0 fully saturated rings. The molecule has 0 spiro atoms. The predicted molar refractivity (Wildman–Crippen MR) is 126 cm³/mol. The standard InChI is InChI=1S/C20H18BrClFN3O4S.CH4/c1-3-29-19(27)10(2)30-20(28)15-14(9-21)25-17(18-24-6-7-31-18)26-16(15)12-5-4-11(23)8-13(12)22;/h4-8,10,16H,3,9H2,1-2H3,(H,25,26);1H4/t10-,16+;/m1./s1. The van der Waals surface area contributed by atoms with Crippen molar-refractivity contribution >= 4 is 56.6 Å². The molecular weight excluding hydrogens is 525 g/mol. The largest absolute Gasteiger partial charge is 0.463 e. The summed E-state index contributed by atoms with van der Waals surface area (Å²) >= 11 is 11.0. The third-order valence-electron chi connectivity index (χ3n) is 4.27. The van der Waals surface area contributed by atoms with E-state index in [4.69, 9.17) is 21.1 Å². The third kappa shape index (κ3) is 5.73. The highest BCUT2D eigenvalue weighted by Crippen LogP contribution is 2.37. The summed E-state index contributed by atoms with van der Waals surface area (Å²) in [7, 11) is 0. The molecule has 0 unspecified atom stereocenters. The van der Waals surface area contributed by atoms with Gasteiger partial charge in [-0.05, 0) is 26.0 Å². The van der Waals surface area contributed by atoms with Crippen LogP contribution in [0.3, 0.4) is 0 Å². The van der Waals surface area contributed by atoms with Crippen molar-refractivity contribution in [1.82, 2.24) is 10.3 Å². The van der Waals surface area contributed by atoms with E-state index in [0.717, 1.165) is 6.07 Å². The van der Waals surface area contributed by atoms with Crippen LogP contribution in [0.25, 0.3) is 0 Å². The molecule has 0 saturated carbocycles. The second kappa shape index (κ2) is 11.5. The highest BCUT2D eigenvalue weighted by molar-refractivity contribution is 9.09. The normalized spacial score (nSPS) is 16.4. The lowest BCUT2D eigenvalue weighted by molar-refractivity contribution is -0.164. The number of hydrogen-bond acceptors (Lipinski definition) is 8. The molecule has 2 atom stereocenters. The van der Waals surface area contributed by atoms with Gasteiger partial charge in [0.25, 0.3) is 0 Å². The molecule has 3 rings (SSSR count). The van der Waals surface area contributed by atoms with Crippen LogP contribution in [0.5, 0.6) is 0 Å². The third-order valence-corrected chi connectivity index (χ3v) is 5.94. The van der Waals surface area contributed by atoms with Crippen LogP contribution in [-0.2, 0) is 19.1 Å². The van der Waals surface area contributed by atoms with Gasteiger partial charge in [0.05, 0.1) is 12.2 Å². The van der Waals surface area contributed by atoms with Crippen LogP contribution in [0.4, 0.5) is 4.39 Å². The number of thiazole rings is 1. The molecule has 0 amide bonds. The smallest absolute Gasteiger partial charge is 0.347 e. The first-order valence-electron chi connectivity index (χ1n) is 9.21. The van der Waals surface area contributed by atoms with Crippen molar-refractivity contribution in [3.63, 3.8) is 0 Å². The Kier molecular flexibility index (Phi) is 9.35. The average molecular weight is 547 g/mol. The zero-order chi connectivity index (χ0) is 22.5. The highest BCUT2D eigenvalue weighted by atomic mass is 79.9. The van der Waals surface area contributed by atoms with Gasteiger partial charge in [-0.2, -0.15) is 0 Å². The van der Waals surface area contributed by atoms with E-state index in [0.29, 0.717) is 22.1 Å². The van der Waals surface area contributed by atoms with E-state index >= 15 is 0 Å². The SMILES string of the molecule is C.CCOC(=O)[C@@H](C)OC(=O)C1=C(CBr)NC(c2nccs2)=N[C@H]1c1ccc(F)cc1Cl. The average Bonchev–Trinajstić information content (AvgIpc) is 3.27. The summed E-state index contributed by atoms with van der Waals surface area (Å²) in [6, 6.07) is 2.95. The van der Waals surface area contributed by atoms with E-state index in [2.05, 4.69) is 31.2 Å². The van der Waals surface area contributed by atoms with Crippen LogP contribution in [0.1, 0.15) is 37.9 Å². The molecule has 1 N–H and O–H groups in total. The number of amidine groups is 1. The van der Waals surface area contributed by atoms with Gasteiger partial charge in [0, 0.05) is 33.2 Å². The highest BCUT2D eigenvalue weighted by Gasteiger charge is 2.35. The summed E-state index contributed by atoms with van der Waals surface area (Å²) in [5.41, 5.74) is 1.02. The number of alkyl halides is 1. The number of nitrogens with one attached hydrogen (secondary N) is 1. The van der Waals surface area contributed by atoms with Gasteiger partial charge in [0.2, 0.25) is 0 Å². The number of nitrogens with zero attached hydrogens (tertiary/aromatic N) is 2. The van der Waals surface area contributed by atoms with Crippen LogP contribution in [-0.4, -0.2) is 40.8 Å². The minimum absolute atomic E-state index is 0. The molecule has 0 aliphatic carbocycles. The molecule has 1 aliphatic rings. The molecular formula is C21H22BrClFN3O4S. The molecule has 0 radical (unpaired) electrons. The maximum absolute atomic E-state index is 13.6. The molecule has 11 heteroatoms. The van der Waals surface area contributed by atoms with Crippen LogP contribution in [0, 0.1) is 5.82 Å². The summed E-state index contributed by atoms with van der Waals surface area (Å²) in [5, 5.41) is 5.85. The van der Waals surface area contributed by atoms with E-state index in [1.807, 2.05) is 0 Å². The predicted octanol–water partition coefficient (Wildman–Crippen LogP) is 4.81. The Bertz CT molecular complexity index is 1050. The second-order valence-electron chi connectivity index (χ2n) is 6.33. The maximum atomic E-state index is 13.6. The number of ether oxygens (including phenoxy) is 2. The van der Waals surface area contributed by atoms with Gasteiger partial charge in [0.1, 0.15) is 11.9 Å². The minimum Gasteiger partial charge on any atom is -0.463 e. The van der Waals surface area contributed by atoms with Gasteiger partial charge in [-0.15, -0.1) is 11.3 Å². The number of benzene rings is 1. The molecule has 0 bridgehead atoms. The fourth-order valence-electron chi connectivity index (χ4n) is 2.87. The first-order chi connectivity index (χ1) is 14.8. The number of esters is 2. The lowest BCUT2D eigenvalue weighted by Crippen LogP contribution is -2.36. The van der Waals surface area contributed by atoms with E-state index in [1.165, 1.54) is 30.4 Å². The zero-order valence-corrected chi connectivity index (χ0v) is 19.7. The first kappa shape index (κ1) is 26.0. The number of rotatable bonds is 7. The topological polar surface area (TPSA) is 89.9 Å². The second-order valence-corrected chi connectivity index (χ2v) is 8.20. The lowest BCUT2D eigenvalue weighted by atomic mass is 9.96. The zero-order valence-electron chi connectivity index (χ0n) is 16.5. The quantitative estimate of drug-likeness (QED) is 0.396. The Morgan fingerprint density at radius 2 is 2.16 bits per heavy atom. The van der Waals surface area contributed by atoms with Crippen molar-refractivity contribution < 1.29 is 23.5 Å². The van der Waals surface area contributed by atoms with Crippen LogP contribution in [0.15, 0.2) is 46.0 Å². The molecule has 1 aromatic heterocycles. The Labute approximate surface area is 202 Å². The Balaban J connectivity index is 0.00000363. The maximum Gasteiger partial charge on any atom is 0.347 e. The number of hydrogen-bond donors (Lipinski definition) is 1. The number of allylic oxidation sites excluding steroid dienone is 1. The molecule has 172 valence electrons. The number of halogens is 3. The Hall–Kier alpha value is -2.30. The van der Waals surface area contributed by atoms with E-state index in [1.54, 1.807) is 18.5 Å². The van der Waals surface area contributed by atoms with Crippen molar-refractivity contribution in [2.75, 3.05) is 11.9 Å². The molecule has 7 nitrogen and oxygen atoms in total. The number of carbonyl (C=O) groups excluding carboxylic acids is 2. The van der Waals surface area contributed by atoms with E-state index < -0.39 is 29.9 Å². The van der Waals surface area contributed by atoms with E-state index in [-0.39, 0.29) is 30.0 Å². The first-order valence-corrected chi connectivity index (χ1v) is 11.6. The molecule has 0 saturated heterocycles. The minimum atomic E-state index is -1.12. The molecule has 2 heterocycles. The Morgan fingerprint density at radius 3 is 2.75 bits per heavy atom. The summed E-state index contributed by atoms with van der Waals surface area (Å²) in [6.45, 7) is 3.24. The Morgan fingerprint density at radius 1 is 1.41 bits per heavy atom. The summed E-state index contributed by atoms with van der Waals surface area (Å²) < 4.78 is 23.9. The van der Waals surface area contributed by atoms with Gasteiger partial charge in [-0.1, -0.05) is 41.0 Å². The number of aromatic nitrogens is 1. The van der Waals surface area contributed by atoms with Crippen molar-refractivity contribution in [2.24, 2.45) is 4.99 Å². The number of aliphatic imine (C=N–C) groups is 1.